The lowest BCUT2D eigenvalue weighted by molar-refractivity contribution is -0.148. The lowest BCUT2D eigenvalue weighted by Gasteiger charge is -2.37. The van der Waals surface area contributed by atoms with Gasteiger partial charge < -0.3 is 15.3 Å². The van der Waals surface area contributed by atoms with Crippen LogP contribution in [0.4, 0.5) is 4.79 Å². The summed E-state index contributed by atoms with van der Waals surface area (Å²) < 4.78 is 0. The molecule has 1 unspecified atom stereocenters. The highest BCUT2D eigenvalue weighted by Gasteiger charge is 2.49. The predicted octanol–water partition coefficient (Wildman–Crippen LogP) is 2.99. The molecule has 0 spiro atoms. The average Bonchev–Trinajstić information content (AvgIpc) is 2.73. The third kappa shape index (κ3) is 3.44. The van der Waals surface area contributed by atoms with Crippen molar-refractivity contribution in [3.8, 4) is 0 Å². The molecule has 20 heavy (non-hydrogen) atoms. The van der Waals surface area contributed by atoms with Crippen molar-refractivity contribution in [3.63, 3.8) is 0 Å². The minimum absolute atomic E-state index is 0.239. The van der Waals surface area contributed by atoms with Crippen molar-refractivity contribution in [2.45, 2.75) is 77.3 Å². The van der Waals surface area contributed by atoms with Gasteiger partial charge in [-0.3, -0.25) is 0 Å². The number of carbonyl (C=O) groups excluding carboxylic acids is 1. The van der Waals surface area contributed by atoms with E-state index in [-0.39, 0.29) is 11.6 Å². The number of likely N-dealkylation sites (tertiary alicyclic amines) is 1. The molecule has 1 rings (SSSR count). The van der Waals surface area contributed by atoms with Crippen LogP contribution in [-0.4, -0.2) is 39.6 Å². The Morgan fingerprint density at radius 1 is 1.30 bits per heavy atom. The molecule has 0 aromatic heterocycles. The molecule has 5 nitrogen and oxygen atoms in total. The fraction of sp³-hybridized carbons (Fsp3) is 0.867. The number of amides is 2. The first-order chi connectivity index (χ1) is 9.29. The summed E-state index contributed by atoms with van der Waals surface area (Å²) in [5.74, 6) is -0.875. The Kier molecular flexibility index (Phi) is 5.42. The molecule has 1 heterocycles. The first kappa shape index (κ1) is 16.8. The van der Waals surface area contributed by atoms with Gasteiger partial charge >= 0.3 is 12.0 Å². The zero-order valence-electron chi connectivity index (χ0n) is 13.2. The molecular formula is C15H28N2O3. The van der Waals surface area contributed by atoms with Gasteiger partial charge in [0.2, 0.25) is 0 Å². The van der Waals surface area contributed by atoms with Crippen LogP contribution in [-0.2, 0) is 4.79 Å². The molecule has 0 saturated carbocycles. The van der Waals surface area contributed by atoms with E-state index in [4.69, 9.17) is 0 Å². The molecule has 116 valence electrons. The van der Waals surface area contributed by atoms with E-state index in [0.29, 0.717) is 19.4 Å². The minimum atomic E-state index is -1.01. The topological polar surface area (TPSA) is 69.6 Å². The highest BCUT2D eigenvalue weighted by atomic mass is 16.4. The molecule has 2 amide bonds. The van der Waals surface area contributed by atoms with Gasteiger partial charge in [0.15, 0.2) is 0 Å². The van der Waals surface area contributed by atoms with Crippen LogP contribution < -0.4 is 5.32 Å². The molecule has 5 heteroatoms. The molecule has 1 fully saturated rings. The number of carboxylic acids is 1. The van der Waals surface area contributed by atoms with Gasteiger partial charge in [-0.25, -0.2) is 9.59 Å². The van der Waals surface area contributed by atoms with Crippen molar-refractivity contribution in [3.05, 3.63) is 0 Å². The number of aliphatic carboxylic acids is 1. The highest BCUT2D eigenvalue weighted by Crippen LogP contribution is 2.34. The van der Waals surface area contributed by atoms with Gasteiger partial charge in [-0.05, 0) is 39.5 Å². The fourth-order valence-corrected chi connectivity index (χ4v) is 3.22. The van der Waals surface area contributed by atoms with E-state index in [1.807, 2.05) is 20.8 Å². The van der Waals surface area contributed by atoms with Crippen molar-refractivity contribution in [2.24, 2.45) is 0 Å². The van der Waals surface area contributed by atoms with E-state index in [2.05, 4.69) is 12.2 Å². The number of urea groups is 1. The molecule has 0 aromatic carbocycles. The first-order valence-corrected chi connectivity index (χ1v) is 7.62. The maximum Gasteiger partial charge on any atom is 0.329 e. The Hall–Kier alpha value is -1.26. The van der Waals surface area contributed by atoms with Crippen molar-refractivity contribution >= 4 is 12.0 Å². The van der Waals surface area contributed by atoms with E-state index in [9.17, 15) is 14.7 Å². The van der Waals surface area contributed by atoms with Gasteiger partial charge in [-0.15, -0.1) is 0 Å². The summed E-state index contributed by atoms with van der Waals surface area (Å²) in [6.07, 6.45) is 4.44. The summed E-state index contributed by atoms with van der Waals surface area (Å²) in [6, 6.07) is -0.239. The van der Waals surface area contributed by atoms with Crippen LogP contribution in [0.3, 0.4) is 0 Å². The van der Waals surface area contributed by atoms with Crippen LogP contribution in [0.25, 0.3) is 0 Å². The van der Waals surface area contributed by atoms with E-state index in [1.54, 1.807) is 0 Å². The predicted molar refractivity (Wildman–Crippen MR) is 78.7 cm³/mol. The maximum atomic E-state index is 12.5. The monoisotopic (exact) mass is 284 g/mol. The van der Waals surface area contributed by atoms with Crippen LogP contribution in [0.1, 0.15) is 66.2 Å². The molecule has 1 saturated heterocycles. The Morgan fingerprint density at radius 3 is 2.45 bits per heavy atom. The Labute approximate surface area is 121 Å². The van der Waals surface area contributed by atoms with Crippen LogP contribution in [0.5, 0.6) is 0 Å². The third-order valence-corrected chi connectivity index (χ3v) is 4.12. The maximum absolute atomic E-state index is 12.5. The van der Waals surface area contributed by atoms with Crippen molar-refractivity contribution in [2.75, 3.05) is 6.54 Å². The number of hydrogen-bond donors (Lipinski definition) is 2. The highest BCUT2D eigenvalue weighted by molar-refractivity contribution is 5.87. The smallest absolute Gasteiger partial charge is 0.329 e. The number of nitrogens with one attached hydrogen (secondary N) is 1. The van der Waals surface area contributed by atoms with Gasteiger partial charge in [-0.2, -0.15) is 0 Å². The SMILES string of the molecule is CCCC(C)(C)NC(=O)N1CCCC1(CCC)C(=O)O. The van der Waals surface area contributed by atoms with Crippen LogP contribution >= 0.6 is 0 Å². The molecule has 0 aromatic rings. The second kappa shape index (κ2) is 6.46. The zero-order valence-corrected chi connectivity index (χ0v) is 13.2. The van der Waals surface area contributed by atoms with Crippen LogP contribution in [0.2, 0.25) is 0 Å². The number of nitrogens with zero attached hydrogens (tertiary/aromatic N) is 1. The van der Waals surface area contributed by atoms with Gasteiger partial charge in [-0.1, -0.05) is 26.7 Å². The molecule has 1 atom stereocenters. The van der Waals surface area contributed by atoms with Gasteiger partial charge in [0.05, 0.1) is 0 Å². The Balaban J connectivity index is 2.87. The van der Waals surface area contributed by atoms with E-state index in [1.165, 1.54) is 4.90 Å². The van der Waals surface area contributed by atoms with Crippen LogP contribution in [0, 0.1) is 0 Å². The van der Waals surface area contributed by atoms with E-state index < -0.39 is 11.5 Å². The van der Waals surface area contributed by atoms with Crippen molar-refractivity contribution in [1.82, 2.24) is 10.2 Å². The summed E-state index contributed by atoms with van der Waals surface area (Å²) in [6.45, 7) is 8.52. The van der Waals surface area contributed by atoms with Crippen LogP contribution in [0.15, 0.2) is 0 Å². The lowest BCUT2D eigenvalue weighted by Crippen LogP contribution is -2.59. The Bertz CT molecular complexity index is 368. The molecule has 2 N–H and O–H groups in total. The molecule has 0 aliphatic carbocycles. The third-order valence-electron chi connectivity index (χ3n) is 4.12. The lowest BCUT2D eigenvalue weighted by atomic mass is 9.90. The number of rotatable bonds is 6. The summed E-state index contributed by atoms with van der Waals surface area (Å²) in [4.78, 5) is 25.7. The van der Waals surface area contributed by atoms with E-state index in [0.717, 1.165) is 25.7 Å². The second-order valence-corrected chi connectivity index (χ2v) is 6.41. The Morgan fingerprint density at radius 2 is 1.95 bits per heavy atom. The second-order valence-electron chi connectivity index (χ2n) is 6.41. The summed E-state index contributed by atoms with van der Waals surface area (Å²) >= 11 is 0. The number of carboxylic acid groups (broad SMARTS) is 1. The number of hydrogen-bond acceptors (Lipinski definition) is 2. The quantitative estimate of drug-likeness (QED) is 0.787. The summed E-state index contributed by atoms with van der Waals surface area (Å²) in [7, 11) is 0. The minimum Gasteiger partial charge on any atom is -0.479 e. The summed E-state index contributed by atoms with van der Waals surface area (Å²) in [5.41, 5.74) is -1.31. The normalized spacial score (nSPS) is 22.9. The molecule has 0 radical (unpaired) electrons. The first-order valence-electron chi connectivity index (χ1n) is 7.62. The fourth-order valence-electron chi connectivity index (χ4n) is 3.22. The molecule has 1 aliphatic heterocycles. The average molecular weight is 284 g/mol. The number of carbonyl (C=O) groups is 2. The molecule has 1 aliphatic rings. The van der Waals surface area contributed by atoms with E-state index >= 15 is 0 Å². The van der Waals surface area contributed by atoms with Crippen molar-refractivity contribution < 1.29 is 14.7 Å². The molecular weight excluding hydrogens is 256 g/mol. The van der Waals surface area contributed by atoms with Gasteiger partial charge in [0.25, 0.3) is 0 Å². The standard InChI is InChI=1S/C15H28N2O3/c1-5-8-14(3,4)16-13(20)17-11-7-10-15(17,9-6-2)12(18)19/h5-11H2,1-4H3,(H,16,20)(H,18,19). The largest absolute Gasteiger partial charge is 0.479 e. The zero-order chi connectivity index (χ0) is 15.4. The van der Waals surface area contributed by atoms with Crippen molar-refractivity contribution in [1.29, 1.82) is 0 Å². The van der Waals surface area contributed by atoms with Gasteiger partial charge in [0, 0.05) is 12.1 Å². The van der Waals surface area contributed by atoms with Gasteiger partial charge in [0.1, 0.15) is 5.54 Å². The summed E-state index contributed by atoms with van der Waals surface area (Å²) in [5, 5.41) is 12.6. The molecule has 0 bridgehead atoms.